The Kier molecular flexibility index (Phi) is 6.41. The van der Waals surface area contributed by atoms with Crippen molar-refractivity contribution in [3.63, 3.8) is 0 Å². The van der Waals surface area contributed by atoms with Crippen molar-refractivity contribution >= 4 is 6.09 Å². The van der Waals surface area contributed by atoms with Gasteiger partial charge in [-0.1, -0.05) is 0 Å². The van der Waals surface area contributed by atoms with Gasteiger partial charge in [-0.15, -0.1) is 0 Å². The minimum Gasteiger partial charge on any atom is -0.465 e. The molecule has 3 N–H and O–H groups in total. The topological polar surface area (TPSA) is 72.8 Å². The van der Waals surface area contributed by atoms with Gasteiger partial charge in [0, 0.05) is 26.2 Å². The summed E-state index contributed by atoms with van der Waals surface area (Å²) < 4.78 is 0. The minimum atomic E-state index is -0.900. The van der Waals surface area contributed by atoms with E-state index < -0.39 is 6.09 Å². The molecule has 0 bridgehead atoms. The quantitative estimate of drug-likeness (QED) is 0.480. The summed E-state index contributed by atoms with van der Waals surface area (Å²) in [4.78, 5) is 11.8. The first-order chi connectivity index (χ1) is 5.72. The molecule has 0 rings (SSSR count). The number of hydrogen-bond donors (Lipinski definition) is 3. The molecule has 0 radical (unpaired) electrons. The van der Waals surface area contributed by atoms with Gasteiger partial charge in [0.2, 0.25) is 0 Å². The second kappa shape index (κ2) is 6.87. The average molecular weight is 176 g/mol. The van der Waals surface area contributed by atoms with Crippen molar-refractivity contribution < 1.29 is 15.0 Å². The summed E-state index contributed by atoms with van der Waals surface area (Å²) >= 11 is 0. The third-order valence-corrected chi connectivity index (χ3v) is 1.50. The molecule has 0 aliphatic rings. The molecule has 5 nitrogen and oxygen atoms in total. The van der Waals surface area contributed by atoms with Crippen molar-refractivity contribution in [2.75, 3.05) is 32.8 Å². The van der Waals surface area contributed by atoms with Crippen LogP contribution in [0, 0.1) is 0 Å². The molecule has 0 aromatic heterocycles. The van der Waals surface area contributed by atoms with E-state index in [0.29, 0.717) is 26.2 Å². The van der Waals surface area contributed by atoms with Gasteiger partial charge in [0.15, 0.2) is 0 Å². The molecule has 0 heterocycles. The van der Waals surface area contributed by atoms with Gasteiger partial charge >= 0.3 is 6.09 Å². The molecule has 0 atom stereocenters. The Labute approximate surface area is 72.0 Å². The molecular weight excluding hydrogens is 160 g/mol. The molecule has 72 valence electrons. The molecule has 0 saturated carbocycles. The van der Waals surface area contributed by atoms with E-state index in [-0.39, 0.29) is 6.61 Å². The predicted molar refractivity (Wildman–Crippen MR) is 45.2 cm³/mol. The highest BCUT2D eigenvalue weighted by Crippen LogP contribution is 1.86. The average Bonchev–Trinajstić information content (AvgIpc) is 2.04. The number of carboxylic acid groups (broad SMARTS) is 1. The minimum absolute atomic E-state index is 0.0825. The van der Waals surface area contributed by atoms with Crippen LogP contribution < -0.4 is 5.32 Å². The molecule has 0 spiro atoms. The molecule has 0 aliphatic carbocycles. The Morgan fingerprint density at radius 2 is 2.17 bits per heavy atom. The smallest absolute Gasteiger partial charge is 0.407 e. The Morgan fingerprint density at radius 1 is 1.50 bits per heavy atom. The highest BCUT2D eigenvalue weighted by molar-refractivity contribution is 5.64. The second-order valence-corrected chi connectivity index (χ2v) is 2.34. The Morgan fingerprint density at radius 3 is 2.58 bits per heavy atom. The van der Waals surface area contributed by atoms with Gasteiger partial charge in [0.05, 0.1) is 6.61 Å². The number of nitrogens with zero attached hydrogens (tertiary/aromatic N) is 1. The SMILES string of the molecule is CCN(CCNCCO)C(=O)O. The summed E-state index contributed by atoms with van der Waals surface area (Å²) in [6, 6.07) is 0. The van der Waals surface area contributed by atoms with E-state index in [4.69, 9.17) is 10.2 Å². The van der Waals surface area contributed by atoms with Crippen LogP contribution in [-0.4, -0.2) is 54.0 Å². The fourth-order valence-electron chi connectivity index (χ4n) is 0.807. The maximum Gasteiger partial charge on any atom is 0.407 e. The molecule has 0 unspecified atom stereocenters. The van der Waals surface area contributed by atoms with Crippen LogP contribution in [0.2, 0.25) is 0 Å². The maximum absolute atomic E-state index is 10.4. The fraction of sp³-hybridized carbons (Fsp3) is 0.857. The number of hydrogen-bond acceptors (Lipinski definition) is 3. The van der Waals surface area contributed by atoms with E-state index in [2.05, 4.69) is 5.32 Å². The largest absolute Gasteiger partial charge is 0.465 e. The van der Waals surface area contributed by atoms with Crippen LogP contribution in [0.15, 0.2) is 0 Å². The molecule has 1 amide bonds. The first kappa shape index (κ1) is 11.2. The molecule has 0 aromatic carbocycles. The van der Waals surface area contributed by atoms with Gasteiger partial charge in [-0.05, 0) is 6.92 Å². The van der Waals surface area contributed by atoms with Crippen molar-refractivity contribution in [2.45, 2.75) is 6.92 Å². The fourth-order valence-corrected chi connectivity index (χ4v) is 0.807. The van der Waals surface area contributed by atoms with Crippen LogP contribution >= 0.6 is 0 Å². The lowest BCUT2D eigenvalue weighted by Gasteiger charge is -2.16. The third kappa shape index (κ3) is 4.92. The maximum atomic E-state index is 10.4. The van der Waals surface area contributed by atoms with Gasteiger partial charge < -0.3 is 20.4 Å². The number of aliphatic hydroxyl groups excluding tert-OH is 1. The van der Waals surface area contributed by atoms with Crippen molar-refractivity contribution in [3.8, 4) is 0 Å². The molecule has 0 saturated heterocycles. The zero-order valence-electron chi connectivity index (χ0n) is 7.29. The van der Waals surface area contributed by atoms with E-state index in [9.17, 15) is 4.79 Å². The highest BCUT2D eigenvalue weighted by atomic mass is 16.4. The number of amides is 1. The van der Waals surface area contributed by atoms with Gasteiger partial charge in [-0.2, -0.15) is 0 Å². The van der Waals surface area contributed by atoms with Gasteiger partial charge in [-0.3, -0.25) is 0 Å². The normalized spacial score (nSPS) is 9.83. The van der Waals surface area contributed by atoms with Gasteiger partial charge in [0.1, 0.15) is 0 Å². The number of likely N-dealkylation sites (N-methyl/N-ethyl adjacent to an activating group) is 1. The summed E-state index contributed by atoms with van der Waals surface area (Å²) in [6.07, 6.45) is -0.900. The zero-order chi connectivity index (χ0) is 9.40. The number of nitrogens with one attached hydrogen (secondary N) is 1. The second-order valence-electron chi connectivity index (χ2n) is 2.34. The third-order valence-electron chi connectivity index (χ3n) is 1.50. The lowest BCUT2D eigenvalue weighted by Crippen LogP contribution is -2.36. The first-order valence-corrected chi connectivity index (χ1v) is 4.01. The number of rotatable bonds is 6. The Balaban J connectivity index is 3.38. The monoisotopic (exact) mass is 176 g/mol. The van der Waals surface area contributed by atoms with Crippen LogP contribution in [-0.2, 0) is 0 Å². The highest BCUT2D eigenvalue weighted by Gasteiger charge is 2.06. The van der Waals surface area contributed by atoms with Crippen LogP contribution in [0.3, 0.4) is 0 Å². The van der Waals surface area contributed by atoms with E-state index in [0.717, 1.165) is 0 Å². The zero-order valence-corrected chi connectivity index (χ0v) is 7.29. The van der Waals surface area contributed by atoms with Crippen LogP contribution in [0.25, 0.3) is 0 Å². The standard InChI is InChI=1S/C7H16N2O3/c1-2-9(7(11)12)5-3-8-4-6-10/h8,10H,2-6H2,1H3,(H,11,12). The summed E-state index contributed by atoms with van der Waals surface area (Å²) in [7, 11) is 0. The van der Waals surface area contributed by atoms with Crippen LogP contribution in [0.1, 0.15) is 6.92 Å². The van der Waals surface area contributed by atoms with Crippen molar-refractivity contribution in [1.82, 2.24) is 10.2 Å². The van der Waals surface area contributed by atoms with Gasteiger partial charge in [0.25, 0.3) is 0 Å². The van der Waals surface area contributed by atoms with Crippen molar-refractivity contribution in [1.29, 1.82) is 0 Å². The predicted octanol–water partition coefficient (Wildman–Crippen LogP) is -0.432. The summed E-state index contributed by atoms with van der Waals surface area (Å²) in [5.41, 5.74) is 0. The molecule has 0 aliphatic heterocycles. The lowest BCUT2D eigenvalue weighted by molar-refractivity contribution is 0.147. The molecular formula is C7H16N2O3. The number of aliphatic hydroxyl groups is 1. The van der Waals surface area contributed by atoms with Crippen LogP contribution in [0.5, 0.6) is 0 Å². The summed E-state index contributed by atoms with van der Waals surface area (Å²) in [5.74, 6) is 0. The van der Waals surface area contributed by atoms with E-state index in [1.165, 1.54) is 4.90 Å². The summed E-state index contributed by atoms with van der Waals surface area (Å²) in [5, 5.41) is 19.9. The van der Waals surface area contributed by atoms with Crippen molar-refractivity contribution in [3.05, 3.63) is 0 Å². The van der Waals surface area contributed by atoms with Crippen LogP contribution in [0.4, 0.5) is 4.79 Å². The molecule has 12 heavy (non-hydrogen) atoms. The Bertz CT molecular complexity index is 130. The van der Waals surface area contributed by atoms with Crippen molar-refractivity contribution in [2.24, 2.45) is 0 Å². The number of carbonyl (C=O) groups is 1. The van der Waals surface area contributed by atoms with E-state index >= 15 is 0 Å². The first-order valence-electron chi connectivity index (χ1n) is 4.01. The Hall–Kier alpha value is -0.810. The molecule has 0 aromatic rings. The van der Waals surface area contributed by atoms with E-state index in [1.54, 1.807) is 6.92 Å². The lowest BCUT2D eigenvalue weighted by atomic mass is 10.5. The van der Waals surface area contributed by atoms with E-state index in [1.807, 2.05) is 0 Å². The molecule has 0 fully saturated rings. The van der Waals surface area contributed by atoms with Gasteiger partial charge in [-0.25, -0.2) is 4.79 Å². The molecule has 5 heteroatoms. The summed E-state index contributed by atoms with van der Waals surface area (Å²) in [6.45, 7) is 3.93.